The molecule has 0 bridgehead atoms. The number of carbonyl (C=O) groups excluding carboxylic acids is 2. The van der Waals surface area contributed by atoms with Gasteiger partial charge in [-0.3, -0.25) is 9.59 Å². The van der Waals surface area contributed by atoms with Gasteiger partial charge in [0, 0.05) is 26.2 Å². The monoisotopic (exact) mass is 366 g/mol. The maximum atomic E-state index is 13.8. The summed E-state index contributed by atoms with van der Waals surface area (Å²) in [5, 5.41) is 0. The van der Waals surface area contributed by atoms with Crippen LogP contribution in [0.4, 0.5) is 17.6 Å². The minimum Gasteiger partial charge on any atom is -0.335 e. The van der Waals surface area contributed by atoms with Crippen molar-refractivity contribution in [3.05, 3.63) is 70.8 Å². The minimum absolute atomic E-state index is 0.0669. The van der Waals surface area contributed by atoms with Crippen molar-refractivity contribution >= 4 is 11.8 Å². The SMILES string of the molecule is O=C(c1ccccc1F)N1CCN(C(=O)c2ccc(F)c(F)c2F)CC1. The molecule has 1 fully saturated rings. The third-order valence-electron chi connectivity index (χ3n) is 4.22. The van der Waals surface area contributed by atoms with Crippen LogP contribution in [0.3, 0.4) is 0 Å². The van der Waals surface area contributed by atoms with Crippen molar-refractivity contribution in [2.45, 2.75) is 0 Å². The van der Waals surface area contributed by atoms with E-state index in [0.717, 1.165) is 6.07 Å². The highest BCUT2D eigenvalue weighted by molar-refractivity contribution is 5.96. The zero-order valence-corrected chi connectivity index (χ0v) is 13.5. The molecule has 2 aromatic carbocycles. The molecule has 0 aliphatic carbocycles. The van der Waals surface area contributed by atoms with Crippen LogP contribution in [-0.2, 0) is 0 Å². The quantitative estimate of drug-likeness (QED) is 0.606. The van der Waals surface area contributed by atoms with Crippen LogP contribution in [0, 0.1) is 23.3 Å². The maximum absolute atomic E-state index is 13.8. The van der Waals surface area contributed by atoms with Crippen LogP contribution in [-0.4, -0.2) is 47.8 Å². The van der Waals surface area contributed by atoms with Gasteiger partial charge in [-0.1, -0.05) is 12.1 Å². The summed E-state index contributed by atoms with van der Waals surface area (Å²) in [6.07, 6.45) is 0. The van der Waals surface area contributed by atoms with Gasteiger partial charge in [0.05, 0.1) is 11.1 Å². The molecule has 0 radical (unpaired) electrons. The molecule has 26 heavy (non-hydrogen) atoms. The average Bonchev–Trinajstić information content (AvgIpc) is 2.66. The maximum Gasteiger partial charge on any atom is 0.257 e. The normalized spacial score (nSPS) is 14.5. The molecule has 4 nitrogen and oxygen atoms in total. The zero-order chi connectivity index (χ0) is 18.8. The van der Waals surface area contributed by atoms with E-state index in [4.69, 9.17) is 0 Å². The Bertz CT molecular complexity index is 864. The lowest BCUT2D eigenvalue weighted by molar-refractivity contribution is 0.0529. The molecule has 1 aliphatic heterocycles. The van der Waals surface area contributed by atoms with Gasteiger partial charge in [0.2, 0.25) is 0 Å². The van der Waals surface area contributed by atoms with Gasteiger partial charge in [0.1, 0.15) is 5.82 Å². The van der Waals surface area contributed by atoms with Gasteiger partial charge in [-0.2, -0.15) is 0 Å². The summed E-state index contributed by atoms with van der Waals surface area (Å²) in [4.78, 5) is 27.3. The first-order valence-corrected chi connectivity index (χ1v) is 7.86. The van der Waals surface area contributed by atoms with Crippen molar-refractivity contribution < 1.29 is 27.2 Å². The van der Waals surface area contributed by atoms with E-state index in [0.29, 0.717) is 6.07 Å². The molecule has 8 heteroatoms. The lowest BCUT2D eigenvalue weighted by Crippen LogP contribution is -2.50. The van der Waals surface area contributed by atoms with Crippen LogP contribution in [0.5, 0.6) is 0 Å². The minimum atomic E-state index is -1.70. The van der Waals surface area contributed by atoms with Crippen LogP contribution in [0.1, 0.15) is 20.7 Å². The molecule has 0 aromatic heterocycles. The van der Waals surface area contributed by atoms with Gasteiger partial charge >= 0.3 is 0 Å². The number of benzene rings is 2. The number of hydrogen-bond donors (Lipinski definition) is 0. The second-order valence-electron chi connectivity index (χ2n) is 5.79. The van der Waals surface area contributed by atoms with Gasteiger partial charge in [-0.05, 0) is 24.3 Å². The molecule has 0 saturated carbocycles. The van der Waals surface area contributed by atoms with E-state index in [1.54, 1.807) is 6.07 Å². The molecule has 0 unspecified atom stereocenters. The number of piperazine rings is 1. The van der Waals surface area contributed by atoms with E-state index >= 15 is 0 Å². The Labute approximate surface area is 146 Å². The van der Waals surface area contributed by atoms with Gasteiger partial charge in [0.25, 0.3) is 11.8 Å². The zero-order valence-electron chi connectivity index (χ0n) is 13.5. The van der Waals surface area contributed by atoms with Crippen LogP contribution >= 0.6 is 0 Å². The van der Waals surface area contributed by atoms with E-state index in [9.17, 15) is 27.2 Å². The van der Waals surface area contributed by atoms with Crippen molar-refractivity contribution in [2.75, 3.05) is 26.2 Å². The van der Waals surface area contributed by atoms with Gasteiger partial charge in [-0.25, -0.2) is 17.6 Å². The van der Waals surface area contributed by atoms with Crippen LogP contribution in [0.2, 0.25) is 0 Å². The highest BCUT2D eigenvalue weighted by atomic mass is 19.2. The number of amides is 2. The van der Waals surface area contributed by atoms with Crippen molar-refractivity contribution in [3.63, 3.8) is 0 Å². The summed E-state index contributed by atoms with van der Waals surface area (Å²) < 4.78 is 53.8. The Morgan fingerprint density at radius 2 is 1.19 bits per heavy atom. The van der Waals surface area contributed by atoms with Crippen molar-refractivity contribution in [1.82, 2.24) is 9.80 Å². The van der Waals surface area contributed by atoms with E-state index in [1.165, 1.54) is 28.0 Å². The molecule has 2 amide bonds. The summed E-state index contributed by atoms with van der Waals surface area (Å²) in [5.41, 5.74) is -0.642. The second-order valence-corrected chi connectivity index (χ2v) is 5.79. The van der Waals surface area contributed by atoms with E-state index < -0.39 is 40.6 Å². The fraction of sp³-hybridized carbons (Fsp3) is 0.222. The number of carbonyl (C=O) groups is 2. The fourth-order valence-corrected chi connectivity index (χ4v) is 2.78. The lowest BCUT2D eigenvalue weighted by atomic mass is 10.1. The van der Waals surface area contributed by atoms with Crippen LogP contribution in [0.15, 0.2) is 36.4 Å². The predicted molar refractivity (Wildman–Crippen MR) is 84.5 cm³/mol. The topological polar surface area (TPSA) is 40.6 Å². The van der Waals surface area contributed by atoms with Crippen LogP contribution in [0.25, 0.3) is 0 Å². The predicted octanol–water partition coefficient (Wildman–Crippen LogP) is 2.84. The number of hydrogen-bond acceptors (Lipinski definition) is 2. The first-order chi connectivity index (χ1) is 12.4. The molecule has 3 rings (SSSR count). The molecule has 0 atom stereocenters. The molecule has 2 aromatic rings. The fourth-order valence-electron chi connectivity index (χ4n) is 2.78. The van der Waals surface area contributed by atoms with E-state index in [2.05, 4.69) is 0 Å². The van der Waals surface area contributed by atoms with E-state index in [1.807, 2.05) is 0 Å². The third kappa shape index (κ3) is 3.26. The Hall–Kier alpha value is -2.90. The molecule has 136 valence electrons. The molecule has 1 aliphatic rings. The first kappa shape index (κ1) is 17.9. The molecule has 0 N–H and O–H groups in total. The molecule has 1 saturated heterocycles. The van der Waals surface area contributed by atoms with Gasteiger partial charge < -0.3 is 9.80 Å². The highest BCUT2D eigenvalue weighted by Crippen LogP contribution is 2.19. The Kier molecular flexibility index (Phi) is 4.92. The summed E-state index contributed by atoms with van der Waals surface area (Å²) in [6.45, 7) is 0.364. The number of rotatable bonds is 2. The second kappa shape index (κ2) is 7.15. The molecule has 0 spiro atoms. The average molecular weight is 366 g/mol. The Balaban J connectivity index is 1.69. The standard InChI is InChI=1S/C18H14F4N2O2/c19-13-4-2-1-3-11(13)17(25)23-7-9-24(10-8-23)18(26)12-5-6-14(20)16(22)15(12)21/h1-6H,7-10H2. The summed E-state index contributed by atoms with van der Waals surface area (Å²) in [5.74, 6) is -6.56. The number of nitrogens with zero attached hydrogens (tertiary/aromatic N) is 2. The molecular formula is C18H14F4N2O2. The van der Waals surface area contributed by atoms with Gasteiger partial charge in [-0.15, -0.1) is 0 Å². The highest BCUT2D eigenvalue weighted by Gasteiger charge is 2.29. The summed E-state index contributed by atoms with van der Waals surface area (Å²) >= 11 is 0. The van der Waals surface area contributed by atoms with Gasteiger partial charge in [0.15, 0.2) is 17.5 Å². The largest absolute Gasteiger partial charge is 0.335 e. The molecular weight excluding hydrogens is 352 g/mol. The third-order valence-corrected chi connectivity index (χ3v) is 4.22. The van der Waals surface area contributed by atoms with Crippen molar-refractivity contribution in [1.29, 1.82) is 0 Å². The molecule has 1 heterocycles. The lowest BCUT2D eigenvalue weighted by Gasteiger charge is -2.35. The van der Waals surface area contributed by atoms with Crippen molar-refractivity contribution in [2.24, 2.45) is 0 Å². The summed E-state index contributed by atoms with van der Waals surface area (Å²) in [6, 6.07) is 7.13. The Morgan fingerprint density at radius 3 is 1.77 bits per heavy atom. The number of halogens is 4. The summed E-state index contributed by atoms with van der Waals surface area (Å²) in [7, 11) is 0. The smallest absolute Gasteiger partial charge is 0.257 e. The van der Waals surface area contributed by atoms with Crippen molar-refractivity contribution in [3.8, 4) is 0 Å². The van der Waals surface area contributed by atoms with Crippen LogP contribution < -0.4 is 0 Å². The Morgan fingerprint density at radius 1 is 0.654 bits per heavy atom. The first-order valence-electron chi connectivity index (χ1n) is 7.86. The van der Waals surface area contributed by atoms with E-state index in [-0.39, 0.29) is 31.7 Å².